The summed E-state index contributed by atoms with van der Waals surface area (Å²) in [6.45, 7) is 4.19. The van der Waals surface area contributed by atoms with Crippen LogP contribution in [0, 0.1) is 5.92 Å². The maximum absolute atomic E-state index is 11.9. The van der Waals surface area contributed by atoms with Crippen LogP contribution in [0.4, 0.5) is 0 Å². The van der Waals surface area contributed by atoms with Crippen LogP contribution >= 0.6 is 0 Å². The van der Waals surface area contributed by atoms with Gasteiger partial charge in [-0.3, -0.25) is 4.79 Å². The Bertz CT molecular complexity index is 214. The molecule has 1 aliphatic rings. The highest BCUT2D eigenvalue weighted by Gasteiger charge is 2.28. The fraction of sp³-hybridized carbons (Fsp3) is 0.923. The molecule has 1 rings (SSSR count). The standard InChI is InChI=1S/C13H25NO2/c1-4-10-8-6-7-9-12(10)16-13(15)11(5-2)14-3/h10-12,14H,4-9H2,1-3H3. The van der Waals surface area contributed by atoms with Crippen molar-refractivity contribution in [3.8, 4) is 0 Å². The lowest BCUT2D eigenvalue weighted by atomic mass is 9.85. The van der Waals surface area contributed by atoms with Gasteiger partial charge in [0.15, 0.2) is 0 Å². The molecule has 1 aliphatic carbocycles. The van der Waals surface area contributed by atoms with Crippen LogP contribution in [-0.2, 0) is 9.53 Å². The monoisotopic (exact) mass is 227 g/mol. The Hall–Kier alpha value is -0.570. The maximum atomic E-state index is 11.9. The molecule has 0 radical (unpaired) electrons. The Balaban J connectivity index is 2.47. The Morgan fingerprint density at radius 1 is 1.38 bits per heavy atom. The van der Waals surface area contributed by atoms with Crippen LogP contribution in [0.1, 0.15) is 52.4 Å². The molecular weight excluding hydrogens is 202 g/mol. The lowest BCUT2D eigenvalue weighted by molar-refractivity contribution is -0.156. The van der Waals surface area contributed by atoms with Gasteiger partial charge in [-0.1, -0.05) is 20.3 Å². The molecule has 0 aromatic heterocycles. The van der Waals surface area contributed by atoms with Crippen LogP contribution in [0.15, 0.2) is 0 Å². The van der Waals surface area contributed by atoms with Gasteiger partial charge < -0.3 is 10.1 Å². The molecule has 1 fully saturated rings. The Morgan fingerprint density at radius 2 is 2.06 bits per heavy atom. The van der Waals surface area contributed by atoms with E-state index in [1.54, 1.807) is 0 Å². The normalized spacial score (nSPS) is 27.4. The molecular formula is C13H25NO2. The van der Waals surface area contributed by atoms with E-state index in [-0.39, 0.29) is 18.1 Å². The zero-order valence-corrected chi connectivity index (χ0v) is 10.8. The van der Waals surface area contributed by atoms with Crippen molar-refractivity contribution in [1.29, 1.82) is 0 Å². The van der Waals surface area contributed by atoms with Crippen molar-refractivity contribution in [2.45, 2.75) is 64.5 Å². The molecule has 3 heteroatoms. The average molecular weight is 227 g/mol. The number of hydrogen-bond donors (Lipinski definition) is 1. The Morgan fingerprint density at radius 3 is 2.62 bits per heavy atom. The van der Waals surface area contributed by atoms with Crippen LogP contribution in [0.5, 0.6) is 0 Å². The third-order valence-corrected chi connectivity index (χ3v) is 3.67. The molecule has 0 aromatic rings. The molecule has 0 spiro atoms. The fourth-order valence-corrected chi connectivity index (χ4v) is 2.52. The van der Waals surface area contributed by atoms with E-state index in [0.29, 0.717) is 5.92 Å². The van der Waals surface area contributed by atoms with Gasteiger partial charge in [0.05, 0.1) is 0 Å². The van der Waals surface area contributed by atoms with Crippen molar-refractivity contribution in [3.05, 3.63) is 0 Å². The number of carbonyl (C=O) groups is 1. The van der Waals surface area contributed by atoms with Crippen molar-refractivity contribution in [2.24, 2.45) is 5.92 Å². The number of nitrogens with one attached hydrogen (secondary N) is 1. The first-order valence-electron chi connectivity index (χ1n) is 6.60. The molecule has 0 heterocycles. The fourth-order valence-electron chi connectivity index (χ4n) is 2.52. The van der Waals surface area contributed by atoms with Gasteiger partial charge in [-0.2, -0.15) is 0 Å². The minimum Gasteiger partial charge on any atom is -0.461 e. The minimum atomic E-state index is -0.139. The molecule has 3 atom stereocenters. The van der Waals surface area contributed by atoms with Crippen molar-refractivity contribution in [2.75, 3.05) is 7.05 Å². The first-order chi connectivity index (χ1) is 7.72. The van der Waals surface area contributed by atoms with E-state index in [4.69, 9.17) is 4.74 Å². The predicted octanol–water partition coefficient (Wildman–Crippen LogP) is 2.50. The van der Waals surface area contributed by atoms with Crippen LogP contribution in [-0.4, -0.2) is 25.2 Å². The van der Waals surface area contributed by atoms with E-state index >= 15 is 0 Å². The van der Waals surface area contributed by atoms with Gasteiger partial charge in [0.2, 0.25) is 0 Å². The number of rotatable bonds is 5. The van der Waals surface area contributed by atoms with Crippen molar-refractivity contribution < 1.29 is 9.53 Å². The Labute approximate surface area is 98.9 Å². The number of ether oxygens (including phenoxy) is 1. The van der Waals surface area contributed by atoms with Crippen LogP contribution < -0.4 is 5.32 Å². The van der Waals surface area contributed by atoms with E-state index in [0.717, 1.165) is 19.3 Å². The minimum absolute atomic E-state index is 0.0738. The maximum Gasteiger partial charge on any atom is 0.323 e. The molecule has 1 saturated carbocycles. The number of hydrogen-bond acceptors (Lipinski definition) is 3. The lowest BCUT2D eigenvalue weighted by Crippen LogP contribution is -2.39. The molecule has 0 amide bonds. The van der Waals surface area contributed by atoms with E-state index in [2.05, 4.69) is 12.2 Å². The van der Waals surface area contributed by atoms with Crippen molar-refractivity contribution in [3.63, 3.8) is 0 Å². The SMILES string of the molecule is CCC(NC)C(=O)OC1CCCCC1CC. The highest BCUT2D eigenvalue weighted by Crippen LogP contribution is 2.29. The van der Waals surface area contributed by atoms with Crippen LogP contribution in [0.25, 0.3) is 0 Å². The highest BCUT2D eigenvalue weighted by atomic mass is 16.5. The molecule has 16 heavy (non-hydrogen) atoms. The zero-order chi connectivity index (χ0) is 12.0. The zero-order valence-electron chi connectivity index (χ0n) is 10.8. The summed E-state index contributed by atoms with van der Waals surface area (Å²) >= 11 is 0. The molecule has 0 aromatic carbocycles. The van der Waals surface area contributed by atoms with Gasteiger partial charge in [0.25, 0.3) is 0 Å². The summed E-state index contributed by atoms with van der Waals surface area (Å²) in [7, 11) is 1.81. The number of likely N-dealkylation sites (N-methyl/N-ethyl adjacent to an activating group) is 1. The van der Waals surface area contributed by atoms with E-state index in [1.165, 1.54) is 19.3 Å². The highest BCUT2D eigenvalue weighted by molar-refractivity contribution is 5.75. The summed E-state index contributed by atoms with van der Waals surface area (Å²) in [5.41, 5.74) is 0. The second kappa shape index (κ2) is 6.89. The van der Waals surface area contributed by atoms with Gasteiger partial charge in [-0.15, -0.1) is 0 Å². The van der Waals surface area contributed by atoms with Crippen LogP contribution in [0.3, 0.4) is 0 Å². The topological polar surface area (TPSA) is 38.3 Å². The molecule has 1 N–H and O–H groups in total. The summed E-state index contributed by atoms with van der Waals surface area (Å²) in [5.74, 6) is 0.502. The summed E-state index contributed by atoms with van der Waals surface area (Å²) < 4.78 is 5.64. The first kappa shape index (κ1) is 13.5. The second-order valence-electron chi connectivity index (χ2n) is 4.68. The molecule has 3 nitrogen and oxygen atoms in total. The Kier molecular flexibility index (Phi) is 5.81. The molecule has 3 unspecified atom stereocenters. The summed E-state index contributed by atoms with van der Waals surface area (Å²) in [5, 5.41) is 3.00. The van der Waals surface area contributed by atoms with E-state index < -0.39 is 0 Å². The van der Waals surface area contributed by atoms with Crippen molar-refractivity contribution >= 4 is 5.97 Å². The third-order valence-electron chi connectivity index (χ3n) is 3.67. The first-order valence-corrected chi connectivity index (χ1v) is 6.60. The summed E-state index contributed by atoms with van der Waals surface area (Å²) in [4.78, 5) is 11.9. The second-order valence-corrected chi connectivity index (χ2v) is 4.68. The van der Waals surface area contributed by atoms with Crippen molar-refractivity contribution in [1.82, 2.24) is 5.32 Å². The van der Waals surface area contributed by atoms with Gasteiger partial charge >= 0.3 is 5.97 Å². The molecule has 0 aliphatic heterocycles. The number of esters is 1. The predicted molar refractivity (Wildman–Crippen MR) is 65.3 cm³/mol. The van der Waals surface area contributed by atoms with E-state index in [9.17, 15) is 4.79 Å². The molecule has 0 bridgehead atoms. The summed E-state index contributed by atoms with van der Waals surface area (Å²) in [6, 6.07) is -0.139. The quantitative estimate of drug-likeness (QED) is 0.733. The lowest BCUT2D eigenvalue weighted by Gasteiger charge is -2.31. The average Bonchev–Trinajstić information content (AvgIpc) is 2.31. The molecule has 0 saturated heterocycles. The van der Waals surface area contributed by atoms with Crippen LogP contribution in [0.2, 0.25) is 0 Å². The smallest absolute Gasteiger partial charge is 0.323 e. The van der Waals surface area contributed by atoms with Gasteiger partial charge in [0, 0.05) is 0 Å². The van der Waals surface area contributed by atoms with Gasteiger partial charge in [-0.25, -0.2) is 0 Å². The van der Waals surface area contributed by atoms with E-state index in [1.807, 2.05) is 14.0 Å². The number of carbonyl (C=O) groups excluding carboxylic acids is 1. The van der Waals surface area contributed by atoms with Gasteiger partial charge in [0.1, 0.15) is 12.1 Å². The largest absolute Gasteiger partial charge is 0.461 e. The third kappa shape index (κ3) is 3.48. The van der Waals surface area contributed by atoms with Gasteiger partial charge in [-0.05, 0) is 45.1 Å². The summed E-state index contributed by atoms with van der Waals surface area (Å²) in [6.07, 6.45) is 6.82. The molecule has 94 valence electrons.